The van der Waals surface area contributed by atoms with Crippen molar-refractivity contribution >= 4 is 0 Å². The van der Waals surface area contributed by atoms with E-state index in [0.717, 1.165) is 48.3 Å². The standard InChI is InChI=1S/C27H46O/c1-18(2)7-6-8-19(3)23-11-12-24-22-10-9-20-17-21(28)13-15-26(20,4)25(22)14-16-27(23,24)5/h9,18-19,21-25,28H,6-8,10-17H2,1-5H3/t19-,21-,22+,23-,24-,25+,26+,27-/m1/s1. The van der Waals surface area contributed by atoms with E-state index in [4.69, 9.17) is 0 Å². The van der Waals surface area contributed by atoms with E-state index in [0.29, 0.717) is 10.8 Å². The van der Waals surface area contributed by atoms with Crippen LogP contribution in [-0.4, -0.2) is 11.2 Å². The second kappa shape index (κ2) is 7.75. The van der Waals surface area contributed by atoms with Crippen molar-refractivity contribution in [1.29, 1.82) is 0 Å². The lowest BCUT2D eigenvalue weighted by molar-refractivity contribution is -0.0573. The zero-order valence-corrected chi connectivity index (χ0v) is 19.3. The summed E-state index contributed by atoms with van der Waals surface area (Å²) >= 11 is 0. The van der Waals surface area contributed by atoms with E-state index in [1.165, 1.54) is 57.8 Å². The summed E-state index contributed by atoms with van der Waals surface area (Å²) in [5, 5.41) is 10.2. The molecule has 1 heteroatoms. The fourth-order valence-corrected chi connectivity index (χ4v) is 8.67. The summed E-state index contributed by atoms with van der Waals surface area (Å²) in [5.74, 6) is 5.46. The molecule has 4 aliphatic carbocycles. The van der Waals surface area contributed by atoms with Crippen LogP contribution >= 0.6 is 0 Å². The van der Waals surface area contributed by atoms with Crippen LogP contribution in [0.4, 0.5) is 0 Å². The minimum Gasteiger partial charge on any atom is -0.393 e. The molecule has 0 unspecified atom stereocenters. The van der Waals surface area contributed by atoms with Crippen LogP contribution in [0.2, 0.25) is 0 Å². The number of rotatable bonds is 5. The van der Waals surface area contributed by atoms with Gasteiger partial charge in [0.05, 0.1) is 6.10 Å². The molecule has 28 heavy (non-hydrogen) atoms. The van der Waals surface area contributed by atoms with Crippen molar-refractivity contribution in [2.45, 2.75) is 111 Å². The Hall–Kier alpha value is -0.300. The van der Waals surface area contributed by atoms with Crippen molar-refractivity contribution in [3.05, 3.63) is 11.6 Å². The second-order valence-corrected chi connectivity index (χ2v) is 12.2. The highest BCUT2D eigenvalue weighted by atomic mass is 16.3. The zero-order valence-electron chi connectivity index (χ0n) is 19.3. The first kappa shape index (κ1) is 21.0. The molecule has 0 amide bonds. The third kappa shape index (κ3) is 3.42. The molecule has 0 bridgehead atoms. The van der Waals surface area contributed by atoms with E-state index in [9.17, 15) is 5.11 Å². The van der Waals surface area contributed by atoms with Gasteiger partial charge in [0, 0.05) is 0 Å². The molecule has 4 aliphatic rings. The van der Waals surface area contributed by atoms with Crippen molar-refractivity contribution in [3.63, 3.8) is 0 Å². The monoisotopic (exact) mass is 386 g/mol. The Morgan fingerprint density at radius 1 is 1.00 bits per heavy atom. The van der Waals surface area contributed by atoms with E-state index in [2.05, 4.69) is 40.7 Å². The molecule has 0 aromatic rings. The molecule has 3 fully saturated rings. The molecule has 0 aliphatic heterocycles. The largest absolute Gasteiger partial charge is 0.393 e. The van der Waals surface area contributed by atoms with Crippen molar-refractivity contribution in [2.75, 3.05) is 0 Å². The number of hydrogen-bond acceptors (Lipinski definition) is 1. The summed E-state index contributed by atoms with van der Waals surface area (Å²) in [6, 6.07) is 0. The molecular weight excluding hydrogens is 340 g/mol. The van der Waals surface area contributed by atoms with Gasteiger partial charge in [0.15, 0.2) is 0 Å². The van der Waals surface area contributed by atoms with Crippen molar-refractivity contribution in [2.24, 2.45) is 46.3 Å². The van der Waals surface area contributed by atoms with E-state index in [1.807, 2.05) is 0 Å². The van der Waals surface area contributed by atoms with Crippen LogP contribution in [-0.2, 0) is 0 Å². The summed E-state index contributed by atoms with van der Waals surface area (Å²) < 4.78 is 0. The molecule has 160 valence electrons. The maximum atomic E-state index is 10.2. The Balaban J connectivity index is 1.49. The highest BCUT2D eigenvalue weighted by Gasteiger charge is 2.59. The Morgan fingerprint density at radius 2 is 1.79 bits per heavy atom. The van der Waals surface area contributed by atoms with Crippen LogP contribution in [0, 0.1) is 46.3 Å². The maximum Gasteiger partial charge on any atom is 0.0577 e. The summed E-state index contributed by atoms with van der Waals surface area (Å²) in [4.78, 5) is 0. The summed E-state index contributed by atoms with van der Waals surface area (Å²) in [7, 11) is 0. The van der Waals surface area contributed by atoms with Crippen molar-refractivity contribution in [1.82, 2.24) is 0 Å². The third-order valence-electron chi connectivity index (χ3n) is 10.3. The Bertz CT molecular complexity index is 591. The lowest BCUT2D eigenvalue weighted by Crippen LogP contribution is -2.50. The number of allylic oxidation sites excluding steroid dienone is 1. The number of fused-ring (bicyclic) bond motifs is 5. The highest BCUT2D eigenvalue weighted by Crippen LogP contribution is 2.67. The predicted octanol–water partition coefficient (Wildman–Crippen LogP) is 7.39. The first-order valence-electron chi connectivity index (χ1n) is 12.6. The average molecular weight is 387 g/mol. The molecule has 0 radical (unpaired) electrons. The molecule has 1 nitrogen and oxygen atoms in total. The van der Waals surface area contributed by atoms with Crippen LogP contribution in [0.1, 0.15) is 105 Å². The molecule has 4 rings (SSSR count). The minimum atomic E-state index is -0.0766. The Morgan fingerprint density at radius 3 is 2.54 bits per heavy atom. The summed E-state index contributed by atoms with van der Waals surface area (Å²) in [6.45, 7) is 12.6. The molecule has 0 aromatic carbocycles. The van der Waals surface area contributed by atoms with E-state index >= 15 is 0 Å². The number of aliphatic hydroxyl groups excluding tert-OH is 1. The molecule has 8 atom stereocenters. The highest BCUT2D eigenvalue weighted by molar-refractivity contribution is 5.25. The minimum absolute atomic E-state index is 0.0766. The molecule has 1 N–H and O–H groups in total. The van der Waals surface area contributed by atoms with Crippen molar-refractivity contribution in [3.8, 4) is 0 Å². The van der Waals surface area contributed by atoms with Crippen LogP contribution in [0.5, 0.6) is 0 Å². The van der Waals surface area contributed by atoms with Gasteiger partial charge in [-0.25, -0.2) is 0 Å². The quantitative estimate of drug-likeness (QED) is 0.488. The number of aliphatic hydroxyl groups is 1. The smallest absolute Gasteiger partial charge is 0.0577 e. The van der Waals surface area contributed by atoms with Crippen LogP contribution in [0.25, 0.3) is 0 Å². The van der Waals surface area contributed by atoms with Gasteiger partial charge in [-0.1, -0.05) is 65.5 Å². The fraction of sp³-hybridized carbons (Fsp3) is 0.926. The predicted molar refractivity (Wildman–Crippen MR) is 119 cm³/mol. The third-order valence-corrected chi connectivity index (χ3v) is 10.3. The van der Waals surface area contributed by atoms with Crippen molar-refractivity contribution < 1.29 is 5.11 Å². The molecule has 0 aromatic heterocycles. The molecule has 0 saturated heterocycles. The molecule has 0 heterocycles. The van der Waals surface area contributed by atoms with Gasteiger partial charge in [0.2, 0.25) is 0 Å². The SMILES string of the molecule is CC(C)CCC[C@@H](C)[C@H]1CC[C@@H]2[C@@H]3CC=C4C[C@H](O)CC[C@]4(C)[C@H]3CC[C@@]21C. The van der Waals surface area contributed by atoms with Gasteiger partial charge < -0.3 is 5.11 Å². The Kier molecular flexibility index (Phi) is 5.80. The maximum absolute atomic E-state index is 10.2. The van der Waals surface area contributed by atoms with Gasteiger partial charge in [0.25, 0.3) is 0 Å². The van der Waals surface area contributed by atoms with Gasteiger partial charge >= 0.3 is 0 Å². The van der Waals surface area contributed by atoms with Crippen LogP contribution in [0.3, 0.4) is 0 Å². The van der Waals surface area contributed by atoms with Gasteiger partial charge in [-0.2, -0.15) is 0 Å². The topological polar surface area (TPSA) is 20.2 Å². The lowest BCUT2D eigenvalue weighted by atomic mass is 9.47. The first-order chi connectivity index (χ1) is 13.3. The number of hydrogen-bond donors (Lipinski definition) is 1. The van der Waals surface area contributed by atoms with E-state index in [1.54, 1.807) is 5.57 Å². The summed E-state index contributed by atoms with van der Waals surface area (Å²) in [6.07, 6.45) is 17.2. The molecule has 3 saturated carbocycles. The van der Waals surface area contributed by atoms with Crippen LogP contribution in [0.15, 0.2) is 11.6 Å². The van der Waals surface area contributed by atoms with E-state index < -0.39 is 0 Å². The summed E-state index contributed by atoms with van der Waals surface area (Å²) in [5.41, 5.74) is 2.60. The van der Waals surface area contributed by atoms with Gasteiger partial charge in [-0.15, -0.1) is 0 Å². The molecular formula is C27H46O. The first-order valence-corrected chi connectivity index (χ1v) is 12.6. The zero-order chi connectivity index (χ0) is 20.1. The lowest BCUT2D eigenvalue weighted by Gasteiger charge is -2.58. The molecule has 0 spiro atoms. The fourth-order valence-electron chi connectivity index (χ4n) is 8.67. The second-order valence-electron chi connectivity index (χ2n) is 12.2. The Labute approximate surface area is 174 Å². The van der Waals surface area contributed by atoms with Gasteiger partial charge in [-0.3, -0.25) is 0 Å². The average Bonchev–Trinajstić information content (AvgIpc) is 2.99. The van der Waals surface area contributed by atoms with E-state index in [-0.39, 0.29) is 6.10 Å². The van der Waals surface area contributed by atoms with Crippen LogP contribution < -0.4 is 0 Å². The van der Waals surface area contributed by atoms with Gasteiger partial charge in [0.1, 0.15) is 0 Å². The normalized spacial score (nSPS) is 46.5. The van der Waals surface area contributed by atoms with Gasteiger partial charge in [-0.05, 0) is 97.7 Å².